The Morgan fingerprint density at radius 3 is 2.79 bits per heavy atom. The zero-order valence-electron chi connectivity index (χ0n) is 15.2. The molecule has 2 N–H and O–H groups in total. The van der Waals surface area contributed by atoms with Gasteiger partial charge in [0.2, 0.25) is 5.96 Å². The van der Waals surface area contributed by atoms with Crippen LogP contribution in [0.2, 0.25) is 0 Å². The first-order chi connectivity index (χ1) is 13.8. The first-order valence-electron chi connectivity index (χ1n) is 8.63. The molecular formula is C19H16F3N5S2. The molecule has 0 saturated heterocycles. The maximum absolute atomic E-state index is 13.0. The molecule has 0 atom stereocenters. The fourth-order valence-electron chi connectivity index (χ4n) is 2.76. The number of nitriles is 1. The van der Waals surface area contributed by atoms with Crippen LogP contribution in [0.5, 0.6) is 0 Å². The molecule has 2 aromatic carbocycles. The molecule has 0 radical (unpaired) electrons. The number of nitrogens with one attached hydrogen (secondary N) is 2. The molecule has 0 saturated carbocycles. The minimum Gasteiger partial charge on any atom is -0.337 e. The molecule has 1 aromatic heterocycles. The van der Waals surface area contributed by atoms with Crippen molar-refractivity contribution >= 4 is 51.1 Å². The normalized spacial score (nSPS) is 12.0. The Hall–Kier alpha value is -2.90. The number of nitrogens with zero attached hydrogens (tertiary/aromatic N) is 3. The second-order valence-electron chi connectivity index (χ2n) is 6.07. The Labute approximate surface area is 174 Å². The molecule has 29 heavy (non-hydrogen) atoms. The number of alkyl halides is 3. The van der Waals surface area contributed by atoms with Crippen LogP contribution in [0, 0.1) is 15.4 Å². The highest BCUT2D eigenvalue weighted by Gasteiger charge is 2.30. The molecule has 0 aliphatic carbocycles. The first kappa shape index (κ1) is 20.8. The molecule has 0 aliphatic rings. The van der Waals surface area contributed by atoms with Gasteiger partial charge in [0.15, 0.2) is 10.1 Å². The number of halogens is 3. The van der Waals surface area contributed by atoms with E-state index in [9.17, 15) is 18.4 Å². The summed E-state index contributed by atoms with van der Waals surface area (Å²) in [7, 11) is 0. The fourth-order valence-corrected chi connectivity index (χ4v) is 3.91. The summed E-state index contributed by atoms with van der Waals surface area (Å²) < 4.78 is 40.6. The number of guanidine groups is 1. The van der Waals surface area contributed by atoms with Crippen LogP contribution >= 0.6 is 23.6 Å². The Balaban J connectivity index is 2.06. The van der Waals surface area contributed by atoms with E-state index >= 15 is 0 Å². The highest BCUT2D eigenvalue weighted by atomic mass is 32.1. The second kappa shape index (κ2) is 8.63. The average molecular weight is 436 g/mol. The zero-order valence-corrected chi connectivity index (χ0v) is 16.9. The molecule has 1 heterocycles. The van der Waals surface area contributed by atoms with E-state index in [0.29, 0.717) is 10.5 Å². The van der Waals surface area contributed by atoms with Gasteiger partial charge in [-0.25, -0.2) is 4.99 Å². The Kier molecular flexibility index (Phi) is 6.20. The van der Waals surface area contributed by atoms with E-state index < -0.39 is 11.7 Å². The third-order valence-electron chi connectivity index (χ3n) is 4.00. The highest BCUT2D eigenvalue weighted by Crippen LogP contribution is 2.32. The first-order valence-corrected chi connectivity index (χ1v) is 9.85. The Bertz CT molecular complexity index is 1140. The predicted molar refractivity (Wildman–Crippen MR) is 112 cm³/mol. The molecule has 0 amide bonds. The van der Waals surface area contributed by atoms with E-state index in [4.69, 9.17) is 12.2 Å². The average Bonchev–Trinajstić information content (AvgIpc) is 3.04. The molecule has 0 fully saturated rings. The van der Waals surface area contributed by atoms with Gasteiger partial charge in [0, 0.05) is 12.2 Å². The topological polar surface area (TPSA) is 67.2 Å². The maximum atomic E-state index is 13.0. The summed E-state index contributed by atoms with van der Waals surface area (Å²) in [5.74, 6) is 0.146. The summed E-state index contributed by atoms with van der Waals surface area (Å²) in [6, 6.07) is 10.3. The number of aromatic nitrogens is 1. The number of aromatic amines is 1. The van der Waals surface area contributed by atoms with E-state index in [1.807, 2.05) is 31.3 Å². The van der Waals surface area contributed by atoms with Gasteiger partial charge in [-0.3, -0.25) is 5.32 Å². The predicted octanol–water partition coefficient (Wildman–Crippen LogP) is 5.95. The largest absolute Gasteiger partial charge is 0.416 e. The van der Waals surface area contributed by atoms with Gasteiger partial charge in [-0.1, -0.05) is 13.0 Å². The molecule has 0 bridgehead atoms. The minimum atomic E-state index is -4.47. The van der Waals surface area contributed by atoms with Crippen LogP contribution in [-0.2, 0) is 6.18 Å². The lowest BCUT2D eigenvalue weighted by Gasteiger charge is -2.24. The number of benzene rings is 2. The molecule has 0 unspecified atom stereocenters. The van der Waals surface area contributed by atoms with Gasteiger partial charge in [-0.05, 0) is 55.0 Å². The monoisotopic (exact) mass is 435 g/mol. The quantitative estimate of drug-likeness (QED) is 0.175. The van der Waals surface area contributed by atoms with Gasteiger partial charge in [0.05, 0.1) is 21.5 Å². The van der Waals surface area contributed by atoms with Crippen LogP contribution in [0.15, 0.2) is 47.5 Å². The summed E-state index contributed by atoms with van der Waals surface area (Å²) >= 11 is 6.59. The zero-order chi connectivity index (χ0) is 21.0. The lowest BCUT2D eigenvalue weighted by molar-refractivity contribution is -0.137. The van der Waals surface area contributed by atoms with Gasteiger partial charge in [0.25, 0.3) is 0 Å². The number of hydrogen-bond donors (Lipinski definition) is 2. The lowest BCUT2D eigenvalue weighted by Crippen LogP contribution is -2.39. The number of anilines is 1. The standard InChI is InChI=1S/C19H16F3N5S2/c1-2-8-27(14-6-7-15-16(10-14)29-18(28)26-15)17(24-11-23)25-13-5-3-4-12(9-13)19(20,21)22/h3-7,9-10H,2,8H2,1H3,(H,24,25)(H,26,28). The van der Waals surface area contributed by atoms with Gasteiger partial charge < -0.3 is 9.88 Å². The molecule has 0 spiro atoms. The molecule has 150 valence electrons. The fraction of sp³-hybridized carbons (Fsp3) is 0.211. The van der Waals surface area contributed by atoms with Crippen LogP contribution < -0.4 is 10.2 Å². The van der Waals surface area contributed by atoms with E-state index in [1.165, 1.54) is 23.5 Å². The number of hydrogen-bond acceptors (Lipinski definition) is 4. The summed E-state index contributed by atoms with van der Waals surface area (Å²) in [5.41, 5.74) is 0.936. The van der Waals surface area contributed by atoms with Crippen molar-refractivity contribution in [3.05, 3.63) is 52.0 Å². The van der Waals surface area contributed by atoms with Crippen molar-refractivity contribution in [1.29, 1.82) is 5.26 Å². The maximum Gasteiger partial charge on any atom is 0.416 e. The number of H-pyrrole nitrogens is 1. The number of aliphatic imine (C=N–C) groups is 1. The van der Waals surface area contributed by atoms with Crippen molar-refractivity contribution < 1.29 is 13.2 Å². The summed E-state index contributed by atoms with van der Waals surface area (Å²) in [4.78, 5) is 9.12. The second-order valence-corrected chi connectivity index (χ2v) is 7.79. The van der Waals surface area contributed by atoms with Crippen molar-refractivity contribution in [3.63, 3.8) is 0 Å². The van der Waals surface area contributed by atoms with Gasteiger partial charge >= 0.3 is 6.18 Å². The minimum absolute atomic E-state index is 0.0945. The lowest BCUT2D eigenvalue weighted by atomic mass is 10.2. The number of fused-ring (bicyclic) bond motifs is 1. The van der Waals surface area contributed by atoms with Crippen LogP contribution in [0.1, 0.15) is 18.9 Å². The number of thiazole rings is 1. The van der Waals surface area contributed by atoms with Crippen molar-refractivity contribution in [1.82, 2.24) is 10.3 Å². The molecule has 0 aliphatic heterocycles. The van der Waals surface area contributed by atoms with E-state index in [1.54, 1.807) is 4.90 Å². The molecular weight excluding hydrogens is 419 g/mol. The summed E-state index contributed by atoms with van der Waals surface area (Å²) in [6.07, 6.45) is -1.92. The smallest absolute Gasteiger partial charge is 0.337 e. The molecule has 5 nitrogen and oxygen atoms in total. The van der Waals surface area contributed by atoms with Crippen LogP contribution in [0.4, 0.5) is 24.5 Å². The molecule has 10 heteroatoms. The molecule has 3 rings (SSSR count). The van der Waals surface area contributed by atoms with E-state index in [0.717, 1.165) is 34.5 Å². The summed E-state index contributed by atoms with van der Waals surface area (Å²) in [6.45, 7) is 2.47. The Morgan fingerprint density at radius 2 is 2.10 bits per heavy atom. The van der Waals surface area contributed by atoms with Crippen LogP contribution in [-0.4, -0.2) is 17.5 Å². The van der Waals surface area contributed by atoms with Crippen LogP contribution in [0.3, 0.4) is 0 Å². The highest BCUT2D eigenvalue weighted by molar-refractivity contribution is 7.73. The van der Waals surface area contributed by atoms with Crippen molar-refractivity contribution in [2.75, 3.05) is 11.4 Å². The third-order valence-corrected chi connectivity index (χ3v) is 5.19. The van der Waals surface area contributed by atoms with Gasteiger partial charge in [-0.2, -0.15) is 18.4 Å². The van der Waals surface area contributed by atoms with E-state index in [-0.39, 0.29) is 11.6 Å². The van der Waals surface area contributed by atoms with Crippen molar-refractivity contribution in [2.45, 2.75) is 19.5 Å². The van der Waals surface area contributed by atoms with Crippen LogP contribution in [0.25, 0.3) is 10.2 Å². The SMILES string of the molecule is CCCN(C(=Nc1cccc(C(F)(F)F)c1)NC#N)c1ccc2[nH]c(=S)sc2c1. The summed E-state index contributed by atoms with van der Waals surface area (Å²) in [5, 5.41) is 11.7. The van der Waals surface area contributed by atoms with Crippen molar-refractivity contribution in [2.24, 2.45) is 4.99 Å². The van der Waals surface area contributed by atoms with E-state index in [2.05, 4.69) is 15.3 Å². The Morgan fingerprint density at radius 1 is 1.31 bits per heavy atom. The van der Waals surface area contributed by atoms with Crippen molar-refractivity contribution in [3.8, 4) is 6.19 Å². The molecule has 3 aromatic rings. The van der Waals surface area contributed by atoms with Gasteiger partial charge in [-0.15, -0.1) is 11.3 Å². The number of rotatable bonds is 4. The third kappa shape index (κ3) is 4.93. The van der Waals surface area contributed by atoms with Gasteiger partial charge in [0.1, 0.15) is 0 Å².